The number of unbranched alkanes of at least 4 members (excludes halogenated alkanes) is 3. The largest absolute Gasteiger partial charge is 0.356 e. The summed E-state index contributed by atoms with van der Waals surface area (Å²) in [5, 5.41) is 6.29. The fourth-order valence-corrected chi connectivity index (χ4v) is 4.04. The van der Waals surface area contributed by atoms with Crippen LogP contribution in [0.4, 0.5) is 0 Å². The summed E-state index contributed by atoms with van der Waals surface area (Å²) in [5.74, 6) is 0.332. The Morgan fingerprint density at radius 3 is 2.56 bits per heavy atom. The van der Waals surface area contributed by atoms with Crippen molar-refractivity contribution >= 4 is 11.8 Å². The molecule has 1 saturated carbocycles. The zero-order valence-electron chi connectivity index (χ0n) is 16.2. The number of nitrogens with zero attached hydrogens (tertiary/aromatic N) is 1. The normalized spacial score (nSPS) is 23.4. The lowest BCUT2D eigenvalue weighted by atomic mass is 9.95. The average molecular weight is 352 g/mol. The predicted octanol–water partition coefficient (Wildman–Crippen LogP) is 2.84. The molecular weight excluding hydrogens is 314 g/mol. The second-order valence-electron chi connectivity index (χ2n) is 7.85. The third-order valence-corrected chi connectivity index (χ3v) is 5.78. The minimum absolute atomic E-state index is 0.0293. The fraction of sp³-hybridized carbons (Fsp3) is 0.900. The van der Waals surface area contributed by atoms with E-state index in [1.165, 1.54) is 32.1 Å². The minimum Gasteiger partial charge on any atom is -0.356 e. The van der Waals surface area contributed by atoms with Gasteiger partial charge in [0.05, 0.1) is 12.0 Å². The molecule has 0 aromatic heterocycles. The van der Waals surface area contributed by atoms with Gasteiger partial charge in [-0.05, 0) is 45.6 Å². The molecule has 2 atom stereocenters. The van der Waals surface area contributed by atoms with Crippen molar-refractivity contribution in [1.82, 2.24) is 15.5 Å². The van der Waals surface area contributed by atoms with Gasteiger partial charge in [-0.2, -0.15) is 0 Å². The number of hydrogen-bond acceptors (Lipinski definition) is 3. The Morgan fingerprint density at radius 2 is 1.84 bits per heavy atom. The van der Waals surface area contributed by atoms with Gasteiger partial charge in [-0.1, -0.05) is 39.0 Å². The summed E-state index contributed by atoms with van der Waals surface area (Å²) >= 11 is 0. The van der Waals surface area contributed by atoms with Crippen molar-refractivity contribution in [3.05, 3.63) is 0 Å². The van der Waals surface area contributed by atoms with Gasteiger partial charge in [0.15, 0.2) is 0 Å². The zero-order chi connectivity index (χ0) is 18.1. The summed E-state index contributed by atoms with van der Waals surface area (Å²) in [5.41, 5.74) is 0. The smallest absolute Gasteiger partial charge is 0.237 e. The molecule has 1 heterocycles. The maximum absolute atomic E-state index is 12.5. The molecule has 0 aromatic rings. The fourth-order valence-electron chi connectivity index (χ4n) is 4.04. The predicted molar refractivity (Wildman–Crippen MR) is 101 cm³/mol. The van der Waals surface area contributed by atoms with Gasteiger partial charge >= 0.3 is 0 Å². The Bertz CT molecular complexity index is 421. The highest BCUT2D eigenvalue weighted by Gasteiger charge is 2.31. The molecule has 0 radical (unpaired) electrons. The van der Waals surface area contributed by atoms with Gasteiger partial charge in [-0.25, -0.2) is 0 Å². The molecule has 1 aliphatic carbocycles. The quantitative estimate of drug-likeness (QED) is 0.628. The van der Waals surface area contributed by atoms with E-state index in [0.29, 0.717) is 12.6 Å². The third-order valence-electron chi connectivity index (χ3n) is 5.78. The summed E-state index contributed by atoms with van der Waals surface area (Å²) in [6, 6.07) is 0.225. The van der Waals surface area contributed by atoms with Crippen LogP contribution in [0.25, 0.3) is 0 Å². The van der Waals surface area contributed by atoms with Crippen LogP contribution in [-0.4, -0.2) is 48.4 Å². The minimum atomic E-state index is -0.138. The van der Waals surface area contributed by atoms with Crippen LogP contribution in [-0.2, 0) is 9.59 Å². The molecule has 0 spiro atoms. The number of piperidine rings is 1. The summed E-state index contributed by atoms with van der Waals surface area (Å²) in [7, 11) is 0. The maximum atomic E-state index is 12.5. The lowest BCUT2D eigenvalue weighted by Gasteiger charge is -2.35. The van der Waals surface area contributed by atoms with Crippen molar-refractivity contribution in [3.63, 3.8) is 0 Å². The second kappa shape index (κ2) is 10.8. The molecule has 144 valence electrons. The van der Waals surface area contributed by atoms with Gasteiger partial charge in [-0.3, -0.25) is 14.5 Å². The van der Waals surface area contributed by atoms with E-state index in [9.17, 15) is 9.59 Å². The first-order valence-corrected chi connectivity index (χ1v) is 10.4. The molecule has 5 heteroatoms. The van der Waals surface area contributed by atoms with Crippen LogP contribution >= 0.6 is 0 Å². The van der Waals surface area contributed by atoms with Crippen molar-refractivity contribution in [2.75, 3.05) is 19.6 Å². The van der Waals surface area contributed by atoms with Gasteiger partial charge in [0.2, 0.25) is 11.8 Å². The molecule has 0 aromatic carbocycles. The van der Waals surface area contributed by atoms with Crippen LogP contribution in [0.3, 0.4) is 0 Å². The number of hydrogen-bond donors (Lipinski definition) is 2. The van der Waals surface area contributed by atoms with E-state index in [-0.39, 0.29) is 23.8 Å². The molecule has 2 N–H and O–H groups in total. The first-order valence-electron chi connectivity index (χ1n) is 10.4. The van der Waals surface area contributed by atoms with Crippen LogP contribution in [0.1, 0.15) is 78.1 Å². The summed E-state index contributed by atoms with van der Waals surface area (Å²) in [6.45, 7) is 6.58. The third kappa shape index (κ3) is 6.61. The van der Waals surface area contributed by atoms with Crippen molar-refractivity contribution in [2.45, 2.75) is 90.1 Å². The van der Waals surface area contributed by atoms with Crippen molar-refractivity contribution in [3.8, 4) is 0 Å². The number of nitrogens with one attached hydrogen (secondary N) is 2. The molecular formula is C20H37N3O2. The number of carbonyl (C=O) groups excluding carboxylic acids is 2. The number of rotatable bonds is 9. The maximum Gasteiger partial charge on any atom is 0.237 e. The molecule has 0 bridgehead atoms. The van der Waals surface area contributed by atoms with E-state index in [0.717, 1.165) is 45.2 Å². The molecule has 5 nitrogen and oxygen atoms in total. The van der Waals surface area contributed by atoms with Gasteiger partial charge in [0, 0.05) is 19.1 Å². The topological polar surface area (TPSA) is 61.4 Å². The lowest BCUT2D eigenvalue weighted by Crippen LogP contribution is -2.52. The summed E-state index contributed by atoms with van der Waals surface area (Å²) < 4.78 is 0. The summed E-state index contributed by atoms with van der Waals surface area (Å²) in [4.78, 5) is 27.1. The molecule has 2 fully saturated rings. The van der Waals surface area contributed by atoms with E-state index >= 15 is 0 Å². The molecule has 2 unspecified atom stereocenters. The van der Waals surface area contributed by atoms with E-state index in [2.05, 4.69) is 22.5 Å². The van der Waals surface area contributed by atoms with E-state index in [4.69, 9.17) is 0 Å². The monoisotopic (exact) mass is 351 g/mol. The van der Waals surface area contributed by atoms with E-state index < -0.39 is 0 Å². The van der Waals surface area contributed by atoms with Crippen molar-refractivity contribution < 1.29 is 9.59 Å². The van der Waals surface area contributed by atoms with Crippen LogP contribution in [0, 0.1) is 5.92 Å². The van der Waals surface area contributed by atoms with Crippen molar-refractivity contribution in [1.29, 1.82) is 0 Å². The second-order valence-corrected chi connectivity index (χ2v) is 7.85. The number of carbonyl (C=O) groups is 2. The van der Waals surface area contributed by atoms with Crippen LogP contribution in [0.5, 0.6) is 0 Å². The first kappa shape index (κ1) is 20.2. The van der Waals surface area contributed by atoms with Gasteiger partial charge < -0.3 is 10.6 Å². The van der Waals surface area contributed by atoms with Crippen LogP contribution in [0.15, 0.2) is 0 Å². The highest BCUT2D eigenvalue weighted by atomic mass is 16.2. The molecule has 2 amide bonds. The first-order chi connectivity index (χ1) is 12.1. The van der Waals surface area contributed by atoms with E-state index in [1.54, 1.807) is 0 Å². The Kier molecular flexibility index (Phi) is 8.73. The molecule has 2 aliphatic rings. The van der Waals surface area contributed by atoms with E-state index in [1.807, 2.05) is 6.92 Å². The number of likely N-dealkylation sites (tertiary alicyclic amines) is 1. The molecule has 1 aliphatic heterocycles. The van der Waals surface area contributed by atoms with Gasteiger partial charge in [0.1, 0.15) is 0 Å². The molecule has 25 heavy (non-hydrogen) atoms. The zero-order valence-corrected chi connectivity index (χ0v) is 16.2. The Balaban J connectivity index is 1.72. The van der Waals surface area contributed by atoms with Gasteiger partial charge in [-0.15, -0.1) is 0 Å². The van der Waals surface area contributed by atoms with Crippen molar-refractivity contribution in [2.24, 2.45) is 5.92 Å². The number of amides is 2. The molecule has 1 saturated heterocycles. The van der Waals surface area contributed by atoms with Crippen LogP contribution in [0.2, 0.25) is 0 Å². The highest BCUT2D eigenvalue weighted by molar-refractivity contribution is 5.82. The Labute approximate surface area is 153 Å². The summed E-state index contributed by atoms with van der Waals surface area (Å²) in [6.07, 6.45) is 11.3. The standard InChI is InChI=1S/C20H37N3O2/c1-3-4-5-8-13-21-20(25)17-10-9-14-23(15-17)16(2)19(24)22-18-11-6-7-12-18/h16-18H,3-15H2,1-2H3,(H,21,25)(H,22,24). The molecule has 2 rings (SSSR count). The highest BCUT2D eigenvalue weighted by Crippen LogP contribution is 2.21. The lowest BCUT2D eigenvalue weighted by molar-refractivity contribution is -0.131. The van der Waals surface area contributed by atoms with Crippen LogP contribution < -0.4 is 10.6 Å². The van der Waals surface area contributed by atoms with Gasteiger partial charge in [0.25, 0.3) is 0 Å². The Hall–Kier alpha value is -1.10. The SMILES string of the molecule is CCCCCCNC(=O)C1CCCN(C(C)C(=O)NC2CCCC2)C1. The Morgan fingerprint density at radius 1 is 1.08 bits per heavy atom. The average Bonchev–Trinajstić information content (AvgIpc) is 3.13.